The Morgan fingerprint density at radius 1 is 1.14 bits per heavy atom. The lowest BCUT2D eigenvalue weighted by atomic mass is 10.1. The van der Waals surface area contributed by atoms with E-state index in [1.807, 2.05) is 19.0 Å². The standard InChI is InChI=1S/C19H24N4O5S/c1-22(2)18-19(21-8-7-20-18)28-14-4-3-9-23(13-14)29(24,25)15-5-6-16-17(12-15)27-11-10-26-16/h5-8,12,14H,3-4,9-11,13H2,1-2H3. The molecule has 0 spiro atoms. The second-order valence-electron chi connectivity index (χ2n) is 7.13. The number of nitrogens with zero attached hydrogens (tertiary/aromatic N) is 4. The summed E-state index contributed by atoms with van der Waals surface area (Å²) in [6.07, 6.45) is 4.31. The number of hydrogen-bond donors (Lipinski definition) is 0. The molecule has 9 nitrogen and oxygen atoms in total. The number of ether oxygens (including phenoxy) is 3. The lowest BCUT2D eigenvalue weighted by Gasteiger charge is -2.32. The molecule has 1 atom stereocenters. The number of sulfonamides is 1. The zero-order chi connectivity index (χ0) is 20.4. The second kappa shape index (κ2) is 8.03. The van der Waals surface area contributed by atoms with Crippen molar-refractivity contribution in [2.45, 2.75) is 23.8 Å². The van der Waals surface area contributed by atoms with Crippen molar-refractivity contribution in [2.75, 3.05) is 45.3 Å². The molecular formula is C19H24N4O5S. The Kier molecular flexibility index (Phi) is 5.46. The van der Waals surface area contributed by atoms with Crippen LogP contribution < -0.4 is 19.1 Å². The summed E-state index contributed by atoms with van der Waals surface area (Å²) in [5.74, 6) is 2.03. The van der Waals surface area contributed by atoms with Gasteiger partial charge in [-0.3, -0.25) is 0 Å². The van der Waals surface area contributed by atoms with Crippen LogP contribution in [-0.4, -0.2) is 69.2 Å². The number of aromatic nitrogens is 2. The average Bonchev–Trinajstić information content (AvgIpc) is 2.74. The van der Waals surface area contributed by atoms with Gasteiger partial charge in [-0.2, -0.15) is 4.31 Å². The number of hydrogen-bond acceptors (Lipinski definition) is 8. The first-order valence-corrected chi connectivity index (χ1v) is 10.9. The molecule has 1 saturated heterocycles. The first-order valence-electron chi connectivity index (χ1n) is 9.50. The predicted octanol–water partition coefficient (Wildman–Crippen LogP) is 1.55. The Morgan fingerprint density at radius 3 is 2.69 bits per heavy atom. The van der Waals surface area contributed by atoms with E-state index in [4.69, 9.17) is 14.2 Å². The SMILES string of the molecule is CN(C)c1nccnc1OC1CCCN(S(=O)(=O)c2ccc3c(c2)OCCO3)C1. The molecule has 156 valence electrons. The smallest absolute Gasteiger partial charge is 0.257 e. The van der Waals surface area contributed by atoms with Gasteiger partial charge in [-0.25, -0.2) is 18.4 Å². The first-order chi connectivity index (χ1) is 13.9. The molecule has 2 aromatic rings. The molecule has 29 heavy (non-hydrogen) atoms. The van der Waals surface area contributed by atoms with Gasteiger partial charge in [0.25, 0.3) is 5.88 Å². The fourth-order valence-electron chi connectivity index (χ4n) is 3.42. The lowest BCUT2D eigenvalue weighted by Crippen LogP contribution is -2.44. The van der Waals surface area contributed by atoms with Crippen LogP contribution in [0.3, 0.4) is 0 Å². The molecule has 2 aliphatic heterocycles. The molecule has 1 aromatic heterocycles. The maximum atomic E-state index is 13.2. The van der Waals surface area contributed by atoms with E-state index in [2.05, 4.69) is 9.97 Å². The molecule has 1 aromatic carbocycles. The zero-order valence-corrected chi connectivity index (χ0v) is 17.3. The number of piperidine rings is 1. The van der Waals surface area contributed by atoms with Gasteiger partial charge in [-0.1, -0.05) is 0 Å². The molecule has 0 saturated carbocycles. The number of anilines is 1. The third kappa shape index (κ3) is 4.08. The molecule has 0 bridgehead atoms. The average molecular weight is 420 g/mol. The van der Waals surface area contributed by atoms with Crippen LogP contribution >= 0.6 is 0 Å². The van der Waals surface area contributed by atoms with Gasteiger partial charge in [0.2, 0.25) is 10.0 Å². The van der Waals surface area contributed by atoms with Gasteiger partial charge in [0.1, 0.15) is 19.3 Å². The van der Waals surface area contributed by atoms with Crippen LogP contribution in [0.25, 0.3) is 0 Å². The third-order valence-corrected chi connectivity index (χ3v) is 6.70. The molecule has 3 heterocycles. The molecule has 0 aliphatic carbocycles. The monoisotopic (exact) mass is 420 g/mol. The summed E-state index contributed by atoms with van der Waals surface area (Å²) in [7, 11) is 0.0392. The number of benzene rings is 1. The first kappa shape index (κ1) is 19.7. The van der Waals surface area contributed by atoms with E-state index in [-0.39, 0.29) is 17.5 Å². The lowest BCUT2D eigenvalue weighted by molar-refractivity contribution is 0.125. The van der Waals surface area contributed by atoms with Crippen molar-refractivity contribution in [2.24, 2.45) is 0 Å². The molecule has 1 unspecified atom stereocenters. The van der Waals surface area contributed by atoms with E-state index in [0.717, 1.165) is 6.42 Å². The number of rotatable bonds is 5. The molecule has 10 heteroatoms. The van der Waals surface area contributed by atoms with Crippen molar-refractivity contribution < 1.29 is 22.6 Å². The van der Waals surface area contributed by atoms with E-state index >= 15 is 0 Å². The highest BCUT2D eigenvalue weighted by Gasteiger charge is 2.32. The van der Waals surface area contributed by atoms with Crippen LogP contribution in [0.2, 0.25) is 0 Å². The topological polar surface area (TPSA) is 94.1 Å². The van der Waals surface area contributed by atoms with E-state index < -0.39 is 10.0 Å². The van der Waals surface area contributed by atoms with Crippen LogP contribution in [0.15, 0.2) is 35.5 Å². The van der Waals surface area contributed by atoms with Crippen LogP contribution in [0, 0.1) is 0 Å². The van der Waals surface area contributed by atoms with Crippen molar-refractivity contribution in [3.63, 3.8) is 0 Å². The molecule has 0 N–H and O–H groups in total. The van der Waals surface area contributed by atoms with Crippen molar-refractivity contribution >= 4 is 15.8 Å². The second-order valence-corrected chi connectivity index (χ2v) is 9.07. The Balaban J connectivity index is 1.52. The fourth-order valence-corrected chi connectivity index (χ4v) is 4.94. The van der Waals surface area contributed by atoms with Gasteiger partial charge < -0.3 is 19.1 Å². The minimum Gasteiger partial charge on any atom is -0.486 e. The third-order valence-electron chi connectivity index (χ3n) is 4.84. The Labute approximate surface area is 170 Å². The van der Waals surface area contributed by atoms with Crippen LogP contribution in [-0.2, 0) is 10.0 Å². The normalized spacial score (nSPS) is 19.6. The van der Waals surface area contributed by atoms with Crippen molar-refractivity contribution in [1.82, 2.24) is 14.3 Å². The molecule has 0 amide bonds. The summed E-state index contributed by atoms with van der Waals surface area (Å²) in [5, 5.41) is 0. The van der Waals surface area contributed by atoms with Crippen molar-refractivity contribution in [3.05, 3.63) is 30.6 Å². The summed E-state index contributed by atoms with van der Waals surface area (Å²) in [4.78, 5) is 10.5. The Hall–Kier alpha value is -2.59. The van der Waals surface area contributed by atoms with Crippen molar-refractivity contribution in [3.8, 4) is 17.4 Å². The maximum absolute atomic E-state index is 13.2. The highest BCUT2D eigenvalue weighted by molar-refractivity contribution is 7.89. The zero-order valence-electron chi connectivity index (χ0n) is 16.4. The molecule has 0 radical (unpaired) electrons. The van der Waals surface area contributed by atoms with E-state index in [9.17, 15) is 8.42 Å². The van der Waals surface area contributed by atoms with Gasteiger partial charge in [-0.05, 0) is 25.0 Å². The summed E-state index contributed by atoms with van der Waals surface area (Å²) in [5.41, 5.74) is 0. The molecule has 4 rings (SSSR count). The van der Waals surface area contributed by atoms with Gasteiger partial charge in [0, 0.05) is 39.1 Å². The van der Waals surface area contributed by atoms with Gasteiger partial charge >= 0.3 is 0 Å². The molecular weight excluding hydrogens is 396 g/mol. The van der Waals surface area contributed by atoms with Crippen LogP contribution in [0.1, 0.15) is 12.8 Å². The van der Waals surface area contributed by atoms with Gasteiger partial charge in [-0.15, -0.1) is 0 Å². The van der Waals surface area contributed by atoms with Crippen molar-refractivity contribution in [1.29, 1.82) is 0 Å². The minimum atomic E-state index is -3.68. The summed E-state index contributed by atoms with van der Waals surface area (Å²) >= 11 is 0. The maximum Gasteiger partial charge on any atom is 0.257 e. The summed E-state index contributed by atoms with van der Waals surface area (Å²) in [6, 6.07) is 4.73. The predicted molar refractivity (Wildman–Crippen MR) is 106 cm³/mol. The van der Waals surface area contributed by atoms with E-state index in [1.165, 1.54) is 10.4 Å². The quantitative estimate of drug-likeness (QED) is 0.719. The molecule has 1 fully saturated rings. The summed E-state index contributed by atoms with van der Waals surface area (Å²) in [6.45, 7) is 1.56. The van der Waals surface area contributed by atoms with E-state index in [1.54, 1.807) is 24.5 Å². The van der Waals surface area contributed by atoms with E-state index in [0.29, 0.717) is 49.4 Å². The number of fused-ring (bicyclic) bond motifs is 1. The fraction of sp³-hybridized carbons (Fsp3) is 0.474. The van der Waals surface area contributed by atoms with Gasteiger partial charge in [0.05, 0.1) is 11.4 Å². The molecule has 2 aliphatic rings. The largest absolute Gasteiger partial charge is 0.486 e. The van der Waals surface area contributed by atoms with Crippen LogP contribution in [0.5, 0.6) is 17.4 Å². The van der Waals surface area contributed by atoms with Gasteiger partial charge in [0.15, 0.2) is 17.3 Å². The highest BCUT2D eigenvalue weighted by Crippen LogP contribution is 2.34. The van der Waals surface area contributed by atoms with Crippen LogP contribution in [0.4, 0.5) is 5.82 Å². The highest BCUT2D eigenvalue weighted by atomic mass is 32.2. The Morgan fingerprint density at radius 2 is 1.90 bits per heavy atom. The summed E-state index contributed by atoms with van der Waals surface area (Å²) < 4.78 is 44.9. The Bertz CT molecular complexity index is 982. The minimum absolute atomic E-state index is 0.191.